The van der Waals surface area contributed by atoms with E-state index in [1.54, 1.807) is 7.05 Å². The van der Waals surface area contributed by atoms with E-state index in [1.165, 1.54) is 0 Å². The number of hydrogen-bond donors (Lipinski definition) is 2. The first-order chi connectivity index (χ1) is 8.26. The summed E-state index contributed by atoms with van der Waals surface area (Å²) in [5.41, 5.74) is 1.11. The molecule has 0 spiro atoms. The van der Waals surface area contributed by atoms with Gasteiger partial charge in [0.05, 0.1) is 6.54 Å². The van der Waals surface area contributed by atoms with Crippen LogP contribution in [0, 0.1) is 0 Å². The topological polar surface area (TPSA) is 58.2 Å². The maximum Gasteiger partial charge on any atom is 0.234 e. The van der Waals surface area contributed by atoms with E-state index >= 15 is 0 Å². The summed E-state index contributed by atoms with van der Waals surface area (Å²) in [5, 5.41) is 5.61. The van der Waals surface area contributed by atoms with Gasteiger partial charge >= 0.3 is 0 Å². The van der Waals surface area contributed by atoms with Crippen LogP contribution in [0.3, 0.4) is 0 Å². The highest BCUT2D eigenvalue weighted by Crippen LogP contribution is 2.04. The highest BCUT2D eigenvalue weighted by molar-refractivity contribution is 5.78. The Labute approximate surface area is 101 Å². The van der Waals surface area contributed by atoms with Crippen LogP contribution in [0.5, 0.6) is 0 Å². The Bertz CT molecular complexity index is 352. The molecule has 1 unspecified atom stereocenters. The van der Waals surface area contributed by atoms with Gasteiger partial charge in [-0.1, -0.05) is 30.3 Å². The molecule has 2 N–H and O–H groups in total. The molecule has 0 saturated heterocycles. The molecule has 1 amide bonds. The van der Waals surface area contributed by atoms with Crippen molar-refractivity contribution in [1.82, 2.24) is 10.6 Å². The number of nitrogens with one attached hydrogen (secondary N) is 2. The van der Waals surface area contributed by atoms with E-state index in [4.69, 9.17) is 0 Å². The van der Waals surface area contributed by atoms with Crippen molar-refractivity contribution in [3.05, 3.63) is 35.9 Å². The van der Waals surface area contributed by atoms with Crippen LogP contribution in [0.25, 0.3) is 0 Å². The summed E-state index contributed by atoms with van der Waals surface area (Å²) < 4.78 is 0. The van der Waals surface area contributed by atoms with Crippen molar-refractivity contribution in [2.24, 2.45) is 0 Å². The Morgan fingerprint density at radius 1 is 1.35 bits per heavy atom. The highest BCUT2D eigenvalue weighted by atomic mass is 16.2. The predicted octanol–water partition coefficient (Wildman–Crippen LogP) is 0.522. The summed E-state index contributed by atoms with van der Waals surface area (Å²) in [7, 11) is 1.71. The lowest BCUT2D eigenvalue weighted by Crippen LogP contribution is -2.41. The van der Waals surface area contributed by atoms with E-state index in [9.17, 15) is 9.59 Å². The summed E-state index contributed by atoms with van der Waals surface area (Å²) in [4.78, 5) is 22.0. The summed E-state index contributed by atoms with van der Waals surface area (Å²) in [6, 6.07) is 9.68. The van der Waals surface area contributed by atoms with E-state index < -0.39 is 0 Å². The molecule has 1 aromatic carbocycles. The first-order valence-corrected chi connectivity index (χ1v) is 5.67. The fourth-order valence-corrected chi connectivity index (χ4v) is 1.65. The third kappa shape index (κ3) is 5.26. The van der Waals surface area contributed by atoms with E-state index in [1.807, 2.05) is 30.3 Å². The Hall–Kier alpha value is -1.68. The Morgan fingerprint density at radius 3 is 2.65 bits per heavy atom. The summed E-state index contributed by atoms with van der Waals surface area (Å²) in [6.07, 6.45) is 1.85. The molecule has 0 aliphatic rings. The minimum Gasteiger partial charge on any atom is -0.351 e. The van der Waals surface area contributed by atoms with Gasteiger partial charge in [0.15, 0.2) is 0 Å². The second-order valence-corrected chi connectivity index (χ2v) is 3.89. The first-order valence-electron chi connectivity index (χ1n) is 5.67. The molecular formula is C13H18N2O2. The standard InChI is InChI=1S/C13H18N2O2/c1-14-10-13(17)15-12(7-8-16)9-11-5-3-2-4-6-11/h2-6,8,12,14H,7,9-10H2,1H3,(H,15,17). The Morgan fingerprint density at radius 2 is 2.06 bits per heavy atom. The number of carbonyl (C=O) groups is 2. The summed E-state index contributed by atoms with van der Waals surface area (Å²) >= 11 is 0. The van der Waals surface area contributed by atoms with Crippen LogP contribution in [0.1, 0.15) is 12.0 Å². The molecule has 0 aliphatic carbocycles. The maximum absolute atomic E-state index is 11.4. The number of carbonyl (C=O) groups excluding carboxylic acids is 2. The van der Waals surface area contributed by atoms with Gasteiger partial charge in [-0.25, -0.2) is 0 Å². The van der Waals surface area contributed by atoms with Crippen LogP contribution in [0.2, 0.25) is 0 Å². The van der Waals surface area contributed by atoms with Crippen molar-refractivity contribution in [2.45, 2.75) is 18.9 Å². The fourth-order valence-electron chi connectivity index (χ4n) is 1.65. The van der Waals surface area contributed by atoms with E-state index in [0.717, 1.165) is 11.8 Å². The van der Waals surface area contributed by atoms with Crippen molar-refractivity contribution >= 4 is 12.2 Å². The Balaban J connectivity index is 2.54. The van der Waals surface area contributed by atoms with Crippen LogP contribution >= 0.6 is 0 Å². The molecule has 0 radical (unpaired) electrons. The smallest absolute Gasteiger partial charge is 0.234 e. The molecular weight excluding hydrogens is 216 g/mol. The molecule has 0 aliphatic heterocycles. The van der Waals surface area contributed by atoms with Gasteiger partial charge in [0.25, 0.3) is 0 Å². The molecule has 0 saturated carbocycles. The normalized spacial score (nSPS) is 11.8. The van der Waals surface area contributed by atoms with Crippen molar-refractivity contribution in [3.8, 4) is 0 Å². The van der Waals surface area contributed by atoms with Gasteiger partial charge in [0.2, 0.25) is 5.91 Å². The van der Waals surface area contributed by atoms with Gasteiger partial charge in [-0.2, -0.15) is 0 Å². The zero-order valence-electron chi connectivity index (χ0n) is 9.98. The SMILES string of the molecule is CNCC(=O)NC(CC=O)Cc1ccccc1. The van der Waals surface area contributed by atoms with E-state index in [2.05, 4.69) is 10.6 Å². The average Bonchev–Trinajstić information content (AvgIpc) is 2.31. The van der Waals surface area contributed by atoms with Gasteiger partial charge in [0, 0.05) is 12.5 Å². The highest BCUT2D eigenvalue weighted by Gasteiger charge is 2.11. The van der Waals surface area contributed by atoms with Gasteiger partial charge in [-0.15, -0.1) is 0 Å². The van der Waals surface area contributed by atoms with Gasteiger partial charge < -0.3 is 15.4 Å². The number of aldehydes is 1. The minimum absolute atomic E-state index is 0.0877. The van der Waals surface area contributed by atoms with Crippen LogP contribution in [-0.2, 0) is 16.0 Å². The zero-order chi connectivity index (χ0) is 12.5. The zero-order valence-corrected chi connectivity index (χ0v) is 9.98. The van der Waals surface area contributed by atoms with Crippen molar-refractivity contribution < 1.29 is 9.59 Å². The number of benzene rings is 1. The first kappa shape index (κ1) is 13.4. The number of likely N-dealkylation sites (N-methyl/N-ethyl adjacent to an activating group) is 1. The molecule has 1 rings (SSSR count). The molecule has 92 valence electrons. The van der Waals surface area contributed by atoms with Crippen molar-refractivity contribution in [2.75, 3.05) is 13.6 Å². The predicted molar refractivity (Wildman–Crippen MR) is 66.7 cm³/mol. The minimum atomic E-state index is -0.129. The van der Waals surface area contributed by atoms with Crippen molar-refractivity contribution in [1.29, 1.82) is 0 Å². The summed E-state index contributed by atoms with van der Waals surface area (Å²) in [5.74, 6) is -0.0877. The third-order valence-electron chi connectivity index (χ3n) is 2.41. The maximum atomic E-state index is 11.4. The van der Waals surface area contributed by atoms with Crippen molar-refractivity contribution in [3.63, 3.8) is 0 Å². The van der Waals surface area contributed by atoms with Crippen LogP contribution < -0.4 is 10.6 Å². The molecule has 1 atom stereocenters. The number of amides is 1. The lowest BCUT2D eigenvalue weighted by molar-refractivity contribution is -0.121. The summed E-state index contributed by atoms with van der Waals surface area (Å²) in [6.45, 7) is 0.268. The molecule has 0 bridgehead atoms. The van der Waals surface area contributed by atoms with Gasteiger partial charge in [-0.3, -0.25) is 4.79 Å². The lowest BCUT2D eigenvalue weighted by atomic mass is 10.0. The second kappa shape index (κ2) is 7.57. The lowest BCUT2D eigenvalue weighted by Gasteiger charge is -2.16. The van der Waals surface area contributed by atoms with Crippen LogP contribution in [-0.4, -0.2) is 31.8 Å². The number of rotatable bonds is 7. The quantitative estimate of drug-likeness (QED) is 0.676. The average molecular weight is 234 g/mol. The van der Waals surface area contributed by atoms with E-state index in [-0.39, 0.29) is 18.5 Å². The fraction of sp³-hybridized carbons (Fsp3) is 0.385. The second-order valence-electron chi connectivity index (χ2n) is 3.89. The molecule has 4 heteroatoms. The monoisotopic (exact) mass is 234 g/mol. The Kier molecular flexibility index (Phi) is 5.96. The van der Waals surface area contributed by atoms with Gasteiger partial charge in [-0.05, 0) is 19.0 Å². The molecule has 1 aromatic rings. The molecule has 17 heavy (non-hydrogen) atoms. The van der Waals surface area contributed by atoms with Gasteiger partial charge in [0.1, 0.15) is 6.29 Å². The van der Waals surface area contributed by atoms with Crippen LogP contribution in [0.4, 0.5) is 0 Å². The number of hydrogen-bond acceptors (Lipinski definition) is 3. The third-order valence-corrected chi connectivity index (χ3v) is 2.41. The molecule has 0 fully saturated rings. The van der Waals surface area contributed by atoms with E-state index in [0.29, 0.717) is 12.8 Å². The van der Waals surface area contributed by atoms with Crippen LogP contribution in [0.15, 0.2) is 30.3 Å². The molecule has 0 heterocycles. The molecule has 0 aromatic heterocycles. The molecule has 4 nitrogen and oxygen atoms in total. The largest absolute Gasteiger partial charge is 0.351 e.